The molecule has 0 N–H and O–H groups in total. The van der Waals surface area contributed by atoms with Gasteiger partial charge in [-0.3, -0.25) is 14.5 Å². The third-order valence-electron chi connectivity index (χ3n) is 2.49. The van der Waals surface area contributed by atoms with E-state index in [1.807, 2.05) is 0 Å². The first-order chi connectivity index (χ1) is 9.44. The van der Waals surface area contributed by atoms with E-state index in [1.54, 1.807) is 6.07 Å². The van der Waals surface area contributed by atoms with Crippen LogP contribution in [0.3, 0.4) is 0 Å². The van der Waals surface area contributed by atoms with Gasteiger partial charge >= 0.3 is 11.9 Å². The van der Waals surface area contributed by atoms with Crippen molar-refractivity contribution in [1.82, 2.24) is 4.90 Å². The quantitative estimate of drug-likeness (QED) is 0.733. The Morgan fingerprint density at radius 1 is 1.15 bits per heavy atom. The molecule has 0 bridgehead atoms. The Kier molecular flexibility index (Phi) is 6.60. The summed E-state index contributed by atoms with van der Waals surface area (Å²) in [5.74, 6) is -1.36. The second-order valence-electron chi connectivity index (χ2n) is 4.08. The number of carbonyl (C=O) groups is 2. The highest BCUT2D eigenvalue weighted by Gasteiger charge is 2.16. The maximum Gasteiger partial charge on any atom is 0.319 e. The molecule has 0 aliphatic heterocycles. The van der Waals surface area contributed by atoms with Gasteiger partial charge in [0.2, 0.25) is 0 Å². The van der Waals surface area contributed by atoms with Gasteiger partial charge in [-0.15, -0.1) is 0 Å². The fourth-order valence-electron chi connectivity index (χ4n) is 1.62. The number of methoxy groups -OCH3 is 2. The van der Waals surface area contributed by atoms with Gasteiger partial charge in [0, 0.05) is 11.0 Å². The molecule has 20 heavy (non-hydrogen) atoms. The summed E-state index contributed by atoms with van der Waals surface area (Å²) in [5, 5.41) is 0. The molecule has 1 aromatic rings. The Morgan fingerprint density at radius 3 is 2.15 bits per heavy atom. The van der Waals surface area contributed by atoms with Crippen LogP contribution in [0, 0.1) is 5.82 Å². The molecular weight excluding hydrogens is 333 g/mol. The lowest BCUT2D eigenvalue weighted by molar-refractivity contribution is -0.145. The SMILES string of the molecule is COC(=O)CN(CC(=O)OC)Cc1cc(F)cc(Br)c1. The van der Waals surface area contributed by atoms with Gasteiger partial charge in [0.1, 0.15) is 5.82 Å². The molecule has 110 valence electrons. The lowest BCUT2D eigenvalue weighted by Gasteiger charge is -2.19. The maximum atomic E-state index is 13.3. The Morgan fingerprint density at radius 2 is 1.70 bits per heavy atom. The predicted molar refractivity (Wildman–Crippen MR) is 73.4 cm³/mol. The molecule has 0 atom stereocenters. The summed E-state index contributed by atoms with van der Waals surface area (Å²) in [4.78, 5) is 24.1. The van der Waals surface area contributed by atoms with E-state index in [0.29, 0.717) is 10.0 Å². The first kappa shape index (κ1) is 16.6. The van der Waals surface area contributed by atoms with Crippen molar-refractivity contribution in [3.8, 4) is 0 Å². The summed E-state index contributed by atoms with van der Waals surface area (Å²) in [6, 6.07) is 4.38. The van der Waals surface area contributed by atoms with E-state index >= 15 is 0 Å². The van der Waals surface area contributed by atoms with Crippen molar-refractivity contribution in [2.24, 2.45) is 0 Å². The van der Waals surface area contributed by atoms with Gasteiger partial charge < -0.3 is 9.47 Å². The Bertz CT molecular complexity index is 457. The van der Waals surface area contributed by atoms with E-state index in [2.05, 4.69) is 25.4 Å². The summed E-state index contributed by atoms with van der Waals surface area (Å²) in [7, 11) is 2.52. The summed E-state index contributed by atoms with van der Waals surface area (Å²) in [6.45, 7) is 0.0556. The molecule has 1 rings (SSSR count). The average Bonchev–Trinajstić information content (AvgIpc) is 2.36. The lowest BCUT2D eigenvalue weighted by atomic mass is 10.2. The summed E-state index contributed by atoms with van der Waals surface area (Å²) in [5.41, 5.74) is 0.629. The van der Waals surface area contributed by atoms with Crippen LogP contribution in [0.15, 0.2) is 22.7 Å². The van der Waals surface area contributed by atoms with Gasteiger partial charge in [-0.05, 0) is 23.8 Å². The van der Waals surface area contributed by atoms with E-state index < -0.39 is 17.8 Å². The molecule has 0 amide bonds. The standard InChI is InChI=1S/C13H15BrFNO4/c1-19-12(17)7-16(8-13(18)20-2)6-9-3-10(14)5-11(15)4-9/h3-5H,6-8H2,1-2H3. The number of halogens is 2. The normalized spacial score (nSPS) is 10.4. The van der Waals surface area contributed by atoms with Gasteiger partial charge in [0.15, 0.2) is 0 Å². The second-order valence-corrected chi connectivity index (χ2v) is 4.99. The molecule has 0 heterocycles. The van der Waals surface area contributed by atoms with Gasteiger partial charge in [0.25, 0.3) is 0 Å². The zero-order valence-electron chi connectivity index (χ0n) is 11.2. The van der Waals surface area contributed by atoms with Gasteiger partial charge in [-0.1, -0.05) is 15.9 Å². The smallest absolute Gasteiger partial charge is 0.319 e. The maximum absolute atomic E-state index is 13.3. The van der Waals surface area contributed by atoms with Crippen LogP contribution in [0.2, 0.25) is 0 Å². The zero-order valence-corrected chi connectivity index (χ0v) is 12.8. The first-order valence-corrected chi connectivity index (χ1v) is 6.55. The van der Waals surface area contributed by atoms with Crippen LogP contribution in [0.25, 0.3) is 0 Å². The van der Waals surface area contributed by atoms with Crippen LogP contribution >= 0.6 is 15.9 Å². The van der Waals surface area contributed by atoms with Gasteiger partial charge in [-0.25, -0.2) is 4.39 Å². The molecule has 0 aromatic heterocycles. The Hall–Kier alpha value is -1.47. The van der Waals surface area contributed by atoms with Crippen molar-refractivity contribution in [2.45, 2.75) is 6.54 Å². The number of ether oxygens (including phenoxy) is 2. The van der Waals surface area contributed by atoms with Crippen LogP contribution in [-0.2, 0) is 25.6 Å². The van der Waals surface area contributed by atoms with E-state index in [4.69, 9.17) is 0 Å². The monoisotopic (exact) mass is 347 g/mol. The van der Waals surface area contributed by atoms with Crippen molar-refractivity contribution >= 4 is 27.9 Å². The molecule has 5 nitrogen and oxygen atoms in total. The van der Waals surface area contributed by atoms with Gasteiger partial charge in [-0.2, -0.15) is 0 Å². The van der Waals surface area contributed by atoms with E-state index in [0.717, 1.165) is 0 Å². The predicted octanol–water partition coefficient (Wildman–Crippen LogP) is 1.74. The highest BCUT2D eigenvalue weighted by Crippen LogP contribution is 2.16. The van der Waals surface area contributed by atoms with E-state index in [9.17, 15) is 14.0 Å². The van der Waals surface area contributed by atoms with Crippen LogP contribution < -0.4 is 0 Å². The molecular formula is C13H15BrFNO4. The molecule has 1 aromatic carbocycles. The zero-order chi connectivity index (χ0) is 15.1. The molecule has 0 saturated carbocycles. The van der Waals surface area contributed by atoms with Crippen LogP contribution in [-0.4, -0.2) is 44.1 Å². The Balaban J connectivity index is 2.81. The Labute approximate surface area is 124 Å². The number of carbonyl (C=O) groups excluding carboxylic acids is 2. The van der Waals surface area contributed by atoms with Gasteiger partial charge in [0.05, 0.1) is 27.3 Å². The second kappa shape index (κ2) is 7.96. The fourth-order valence-corrected chi connectivity index (χ4v) is 2.14. The molecule has 0 fully saturated rings. The largest absolute Gasteiger partial charge is 0.468 e. The minimum absolute atomic E-state index is 0.0836. The van der Waals surface area contributed by atoms with Crippen molar-refractivity contribution in [3.05, 3.63) is 34.1 Å². The highest BCUT2D eigenvalue weighted by atomic mass is 79.9. The van der Waals surface area contributed by atoms with Crippen LogP contribution in [0.4, 0.5) is 4.39 Å². The van der Waals surface area contributed by atoms with E-state index in [1.165, 1.54) is 31.3 Å². The topological polar surface area (TPSA) is 55.8 Å². The van der Waals surface area contributed by atoms with Crippen molar-refractivity contribution in [3.63, 3.8) is 0 Å². The molecule has 0 spiro atoms. The first-order valence-electron chi connectivity index (χ1n) is 5.75. The summed E-state index contributed by atoms with van der Waals surface area (Å²) in [6.07, 6.45) is 0. The van der Waals surface area contributed by atoms with Crippen molar-refractivity contribution in [2.75, 3.05) is 27.3 Å². The molecule has 0 aliphatic rings. The minimum Gasteiger partial charge on any atom is -0.468 e. The molecule has 7 heteroatoms. The minimum atomic E-state index is -0.482. The number of hydrogen-bond donors (Lipinski definition) is 0. The number of nitrogens with zero attached hydrogens (tertiary/aromatic N) is 1. The third-order valence-corrected chi connectivity index (χ3v) is 2.95. The lowest BCUT2D eigenvalue weighted by Crippen LogP contribution is -2.35. The molecule has 0 saturated heterocycles. The molecule has 0 aliphatic carbocycles. The van der Waals surface area contributed by atoms with Crippen molar-refractivity contribution in [1.29, 1.82) is 0 Å². The van der Waals surface area contributed by atoms with Crippen molar-refractivity contribution < 1.29 is 23.5 Å². The molecule has 0 unspecified atom stereocenters. The van der Waals surface area contributed by atoms with Crippen LogP contribution in [0.5, 0.6) is 0 Å². The van der Waals surface area contributed by atoms with E-state index in [-0.39, 0.29) is 19.6 Å². The summed E-state index contributed by atoms with van der Waals surface area (Å²) < 4.78 is 23.0. The summed E-state index contributed by atoms with van der Waals surface area (Å²) >= 11 is 3.19. The molecule has 0 radical (unpaired) electrons. The number of esters is 2. The number of rotatable bonds is 6. The fraction of sp³-hybridized carbons (Fsp3) is 0.385. The van der Waals surface area contributed by atoms with Crippen LogP contribution in [0.1, 0.15) is 5.56 Å². The third kappa shape index (κ3) is 5.66. The average molecular weight is 348 g/mol. The highest BCUT2D eigenvalue weighted by molar-refractivity contribution is 9.10. The number of benzene rings is 1. The number of hydrogen-bond acceptors (Lipinski definition) is 5.